The number of halogens is 1. The highest BCUT2D eigenvalue weighted by atomic mass is 79.9. The number of benzene rings is 1. The van der Waals surface area contributed by atoms with Gasteiger partial charge in [-0.05, 0) is 67.7 Å². The Hall–Kier alpha value is -2.92. The zero-order valence-corrected chi connectivity index (χ0v) is 22.9. The predicted octanol–water partition coefficient (Wildman–Crippen LogP) is 4.28. The molecule has 1 fully saturated rings. The molecule has 9 nitrogen and oxygen atoms in total. The summed E-state index contributed by atoms with van der Waals surface area (Å²) in [5.74, 6) is -0.0783. The van der Waals surface area contributed by atoms with Gasteiger partial charge in [-0.25, -0.2) is 22.2 Å². The average Bonchev–Trinajstić information content (AvgIpc) is 3.27. The van der Waals surface area contributed by atoms with E-state index in [1.54, 1.807) is 47.3 Å². The molecule has 2 aromatic heterocycles. The van der Waals surface area contributed by atoms with Crippen molar-refractivity contribution in [2.75, 3.05) is 25.0 Å². The molecule has 0 radical (unpaired) electrons. The number of pyridine rings is 1. The van der Waals surface area contributed by atoms with E-state index in [9.17, 15) is 18.0 Å². The topological polar surface area (TPSA) is 102 Å². The van der Waals surface area contributed by atoms with E-state index in [2.05, 4.69) is 20.9 Å². The molecule has 3 aromatic rings. The number of piperidine rings is 1. The summed E-state index contributed by atoms with van der Waals surface area (Å²) in [5, 5.41) is 0.599. The Labute approximate surface area is 218 Å². The van der Waals surface area contributed by atoms with E-state index in [0.29, 0.717) is 41.6 Å². The van der Waals surface area contributed by atoms with Crippen LogP contribution < -0.4 is 4.90 Å². The number of fused-ring (bicyclic) bond motifs is 4. The van der Waals surface area contributed by atoms with Gasteiger partial charge in [-0.15, -0.1) is 0 Å². The number of rotatable bonds is 2. The van der Waals surface area contributed by atoms with Gasteiger partial charge in [0, 0.05) is 31.1 Å². The van der Waals surface area contributed by atoms with Crippen molar-refractivity contribution in [1.82, 2.24) is 13.9 Å². The standard InChI is InChI=1S/C25H27BrN4O5S/c1-24(2,3)35-23(32)29-12-10-25(11-13-29)20-17-14-19(26)30(36(33,34)16-8-6-5-7-9-16)21(17)27-15-18(20)28(4)22(25)31/h5-9,14-15H,10-13H2,1-4H3. The van der Waals surface area contributed by atoms with Crippen molar-refractivity contribution in [2.45, 2.75) is 49.5 Å². The van der Waals surface area contributed by atoms with E-state index in [0.717, 1.165) is 5.56 Å². The van der Waals surface area contributed by atoms with Crippen molar-refractivity contribution in [2.24, 2.45) is 0 Å². The van der Waals surface area contributed by atoms with Crippen LogP contribution in [0.3, 0.4) is 0 Å². The van der Waals surface area contributed by atoms with E-state index < -0.39 is 27.1 Å². The van der Waals surface area contributed by atoms with Crippen LogP contribution >= 0.6 is 15.9 Å². The van der Waals surface area contributed by atoms with Gasteiger partial charge in [-0.3, -0.25) is 4.79 Å². The van der Waals surface area contributed by atoms with Crippen LogP contribution in [0.25, 0.3) is 11.0 Å². The lowest BCUT2D eigenvalue weighted by Gasteiger charge is -2.38. The Morgan fingerprint density at radius 2 is 1.78 bits per heavy atom. The van der Waals surface area contributed by atoms with E-state index in [-0.39, 0.29) is 16.4 Å². The van der Waals surface area contributed by atoms with Gasteiger partial charge >= 0.3 is 6.09 Å². The van der Waals surface area contributed by atoms with Crippen molar-refractivity contribution in [3.05, 3.63) is 52.8 Å². The fourth-order valence-corrected chi connectivity index (χ4v) is 7.50. The highest BCUT2D eigenvalue weighted by Crippen LogP contribution is 2.51. The minimum Gasteiger partial charge on any atom is -0.444 e. The van der Waals surface area contributed by atoms with Crippen molar-refractivity contribution >= 4 is 54.7 Å². The monoisotopic (exact) mass is 574 g/mol. The molecule has 0 bridgehead atoms. The van der Waals surface area contributed by atoms with Gasteiger partial charge < -0.3 is 14.5 Å². The smallest absolute Gasteiger partial charge is 0.410 e. The molecule has 2 amide bonds. The van der Waals surface area contributed by atoms with Crippen molar-refractivity contribution < 1.29 is 22.7 Å². The summed E-state index contributed by atoms with van der Waals surface area (Å²) < 4.78 is 34.0. The third kappa shape index (κ3) is 3.71. The van der Waals surface area contributed by atoms with E-state index >= 15 is 0 Å². The first-order valence-corrected chi connectivity index (χ1v) is 13.9. The van der Waals surface area contributed by atoms with Crippen LogP contribution in [0.2, 0.25) is 0 Å². The first-order chi connectivity index (χ1) is 16.9. The summed E-state index contributed by atoms with van der Waals surface area (Å²) >= 11 is 3.43. The van der Waals surface area contributed by atoms with E-state index in [1.807, 2.05) is 20.8 Å². The van der Waals surface area contributed by atoms with Crippen molar-refractivity contribution in [3.8, 4) is 0 Å². The maximum Gasteiger partial charge on any atom is 0.410 e. The van der Waals surface area contributed by atoms with Crippen LogP contribution in [-0.4, -0.2) is 60.0 Å². The van der Waals surface area contributed by atoms with Crippen LogP contribution in [0.5, 0.6) is 0 Å². The molecular weight excluding hydrogens is 548 g/mol. The molecule has 0 saturated carbocycles. The molecule has 190 valence electrons. The SMILES string of the molecule is CN1C(=O)C2(CCN(C(=O)OC(C)(C)C)CC2)c2c1cnc1c2cc(Br)n1S(=O)(=O)c1ccccc1. The Bertz CT molecular complexity index is 1490. The Kier molecular flexibility index (Phi) is 5.71. The van der Waals surface area contributed by atoms with Crippen molar-refractivity contribution in [1.29, 1.82) is 0 Å². The largest absolute Gasteiger partial charge is 0.444 e. The Balaban J connectivity index is 1.60. The van der Waals surface area contributed by atoms with Crippen molar-refractivity contribution in [3.63, 3.8) is 0 Å². The number of ether oxygens (including phenoxy) is 1. The van der Waals surface area contributed by atoms with Gasteiger partial charge in [0.1, 0.15) is 10.2 Å². The van der Waals surface area contributed by atoms with Crippen LogP contribution in [0.1, 0.15) is 39.2 Å². The Morgan fingerprint density at radius 1 is 1.14 bits per heavy atom. The lowest BCUT2D eigenvalue weighted by Crippen LogP contribution is -2.50. The lowest BCUT2D eigenvalue weighted by molar-refractivity contribution is -0.124. The summed E-state index contributed by atoms with van der Waals surface area (Å²) in [6, 6.07) is 9.87. The number of hydrogen-bond donors (Lipinski definition) is 0. The minimum atomic E-state index is -3.94. The molecule has 5 rings (SSSR count). The molecule has 11 heteroatoms. The molecule has 0 atom stereocenters. The minimum absolute atomic E-state index is 0.0783. The van der Waals surface area contributed by atoms with Crippen LogP contribution in [0, 0.1) is 0 Å². The molecule has 0 aliphatic carbocycles. The zero-order chi connectivity index (χ0) is 26.0. The fourth-order valence-electron chi connectivity index (χ4n) is 5.17. The van der Waals surface area contributed by atoms with Gasteiger partial charge in [0.25, 0.3) is 10.0 Å². The summed E-state index contributed by atoms with van der Waals surface area (Å²) in [6.07, 6.45) is 1.96. The molecular formula is C25H27BrN4O5S. The third-order valence-electron chi connectivity index (χ3n) is 6.83. The number of hydrogen-bond acceptors (Lipinski definition) is 6. The average molecular weight is 575 g/mol. The highest BCUT2D eigenvalue weighted by molar-refractivity contribution is 9.10. The number of likely N-dealkylation sites (N-methyl/N-ethyl adjacent to an activating group) is 1. The molecule has 2 aliphatic rings. The second-order valence-corrected chi connectivity index (χ2v) is 12.8. The molecule has 1 spiro atoms. The predicted molar refractivity (Wildman–Crippen MR) is 139 cm³/mol. The number of carbonyl (C=O) groups excluding carboxylic acids is 2. The second-order valence-electron chi connectivity index (χ2n) is 10.2. The van der Waals surface area contributed by atoms with Gasteiger partial charge in [-0.1, -0.05) is 18.2 Å². The molecule has 2 aliphatic heterocycles. The lowest BCUT2D eigenvalue weighted by atomic mass is 9.73. The number of carbonyl (C=O) groups is 2. The summed E-state index contributed by atoms with van der Waals surface area (Å²) in [4.78, 5) is 34.1. The van der Waals surface area contributed by atoms with Gasteiger partial charge in [-0.2, -0.15) is 0 Å². The molecule has 1 aromatic carbocycles. The van der Waals surface area contributed by atoms with E-state index in [1.165, 1.54) is 16.1 Å². The summed E-state index contributed by atoms with van der Waals surface area (Å²) in [7, 11) is -2.23. The third-order valence-corrected chi connectivity index (χ3v) is 9.37. The summed E-state index contributed by atoms with van der Waals surface area (Å²) in [6.45, 7) is 6.15. The first-order valence-electron chi connectivity index (χ1n) is 11.6. The maximum absolute atomic E-state index is 13.6. The number of nitrogens with zero attached hydrogens (tertiary/aromatic N) is 4. The quantitative estimate of drug-likeness (QED) is 0.452. The highest BCUT2D eigenvalue weighted by Gasteiger charge is 2.53. The van der Waals surface area contributed by atoms with Crippen LogP contribution in [0.4, 0.5) is 10.5 Å². The number of aromatic nitrogens is 2. The molecule has 4 heterocycles. The second kappa shape index (κ2) is 8.31. The molecule has 0 unspecified atom stereocenters. The number of amides is 2. The first kappa shape index (κ1) is 24.8. The zero-order valence-electron chi connectivity index (χ0n) is 20.5. The molecule has 0 N–H and O–H groups in total. The number of anilines is 1. The number of likely N-dealkylation sites (tertiary alicyclic amines) is 1. The maximum atomic E-state index is 13.6. The molecule has 36 heavy (non-hydrogen) atoms. The van der Waals surface area contributed by atoms with E-state index in [4.69, 9.17) is 4.74 Å². The Morgan fingerprint density at radius 3 is 2.39 bits per heavy atom. The van der Waals surface area contributed by atoms with Crippen LogP contribution in [-0.2, 0) is 25.0 Å². The normalized spacial score (nSPS) is 17.6. The fraction of sp³-hybridized carbons (Fsp3) is 0.400. The van der Waals surface area contributed by atoms with Gasteiger partial charge in [0.05, 0.1) is 22.2 Å². The van der Waals surface area contributed by atoms with Gasteiger partial charge in [0.2, 0.25) is 5.91 Å². The van der Waals surface area contributed by atoms with Gasteiger partial charge in [0.15, 0.2) is 5.65 Å². The van der Waals surface area contributed by atoms with Crippen LogP contribution in [0.15, 0.2) is 52.1 Å². The molecule has 1 saturated heterocycles. The summed E-state index contributed by atoms with van der Waals surface area (Å²) in [5.41, 5.74) is 0.166.